The highest BCUT2D eigenvalue weighted by molar-refractivity contribution is 6.04. The maximum atomic E-state index is 12.5. The van der Waals surface area contributed by atoms with Crippen LogP contribution in [0.5, 0.6) is 0 Å². The lowest BCUT2D eigenvalue weighted by Crippen LogP contribution is -2.35. The Bertz CT molecular complexity index is 782. The number of carbonyl (C=O) groups is 3. The number of furan rings is 1. The molecule has 0 saturated heterocycles. The zero-order chi connectivity index (χ0) is 19.5. The first-order chi connectivity index (χ1) is 13.1. The third kappa shape index (κ3) is 7.19. The third-order valence-electron chi connectivity index (χ3n) is 3.70. The van der Waals surface area contributed by atoms with Gasteiger partial charge in [-0.2, -0.15) is 0 Å². The zero-order valence-electron chi connectivity index (χ0n) is 14.8. The standard InChI is InChI=1S/C20H22N2O5/c23-18(24)11-5-2-6-12-21-19(25)16(14-15-8-3-1-4-9-15)22-20(26)17-10-7-13-27-17/h1,3-4,7-10,13-14H,2,5-6,11-12H2,(H,21,25)(H,22,26)(H,23,24)/b16-14+. The van der Waals surface area contributed by atoms with Crippen LogP contribution in [0.4, 0.5) is 0 Å². The summed E-state index contributed by atoms with van der Waals surface area (Å²) in [5.41, 5.74) is 0.872. The average Bonchev–Trinajstić information content (AvgIpc) is 3.19. The van der Waals surface area contributed by atoms with Crippen molar-refractivity contribution in [2.75, 3.05) is 6.54 Å². The number of hydrogen-bond donors (Lipinski definition) is 3. The number of rotatable bonds is 10. The topological polar surface area (TPSA) is 109 Å². The van der Waals surface area contributed by atoms with Gasteiger partial charge in [0.05, 0.1) is 6.26 Å². The molecule has 0 aliphatic rings. The van der Waals surface area contributed by atoms with Crippen LogP contribution in [0.1, 0.15) is 41.8 Å². The van der Waals surface area contributed by atoms with Crippen molar-refractivity contribution < 1.29 is 23.9 Å². The lowest BCUT2D eigenvalue weighted by atomic mass is 10.1. The molecule has 0 aliphatic heterocycles. The summed E-state index contributed by atoms with van der Waals surface area (Å²) in [4.78, 5) is 35.2. The molecule has 7 nitrogen and oxygen atoms in total. The van der Waals surface area contributed by atoms with Crippen molar-refractivity contribution in [3.05, 3.63) is 65.7 Å². The molecule has 3 N–H and O–H groups in total. The average molecular weight is 370 g/mol. The van der Waals surface area contributed by atoms with Crippen LogP contribution in [0.2, 0.25) is 0 Å². The predicted octanol–water partition coefficient (Wildman–Crippen LogP) is 2.81. The molecular formula is C20H22N2O5. The van der Waals surface area contributed by atoms with Crippen molar-refractivity contribution in [1.82, 2.24) is 10.6 Å². The molecule has 142 valence electrons. The van der Waals surface area contributed by atoms with Crippen LogP contribution in [0.15, 0.2) is 58.8 Å². The highest BCUT2D eigenvalue weighted by atomic mass is 16.4. The smallest absolute Gasteiger partial charge is 0.303 e. The van der Waals surface area contributed by atoms with Gasteiger partial charge in [-0.05, 0) is 36.6 Å². The molecule has 2 amide bonds. The Labute approximate surface area is 157 Å². The Morgan fingerprint density at radius 2 is 1.78 bits per heavy atom. The first-order valence-corrected chi connectivity index (χ1v) is 8.68. The second-order valence-corrected chi connectivity index (χ2v) is 5.86. The zero-order valence-corrected chi connectivity index (χ0v) is 14.8. The number of aliphatic carboxylic acids is 1. The molecule has 27 heavy (non-hydrogen) atoms. The van der Waals surface area contributed by atoms with E-state index in [9.17, 15) is 14.4 Å². The molecule has 1 aromatic heterocycles. The third-order valence-corrected chi connectivity index (χ3v) is 3.70. The largest absolute Gasteiger partial charge is 0.481 e. The maximum Gasteiger partial charge on any atom is 0.303 e. The van der Waals surface area contributed by atoms with Gasteiger partial charge in [-0.25, -0.2) is 0 Å². The summed E-state index contributed by atoms with van der Waals surface area (Å²) in [7, 11) is 0. The molecule has 2 aromatic rings. The fourth-order valence-electron chi connectivity index (χ4n) is 2.34. The van der Waals surface area contributed by atoms with Crippen LogP contribution in [-0.2, 0) is 9.59 Å². The summed E-state index contributed by atoms with van der Waals surface area (Å²) in [6, 6.07) is 12.3. The van der Waals surface area contributed by atoms with Crippen LogP contribution < -0.4 is 10.6 Å². The monoisotopic (exact) mass is 370 g/mol. The van der Waals surface area contributed by atoms with E-state index in [0.717, 1.165) is 5.56 Å². The Balaban J connectivity index is 1.96. The van der Waals surface area contributed by atoms with E-state index in [1.165, 1.54) is 12.3 Å². The van der Waals surface area contributed by atoms with E-state index in [2.05, 4.69) is 10.6 Å². The Morgan fingerprint density at radius 3 is 2.44 bits per heavy atom. The van der Waals surface area contributed by atoms with Gasteiger partial charge >= 0.3 is 5.97 Å². The summed E-state index contributed by atoms with van der Waals surface area (Å²) in [5, 5.41) is 13.9. The van der Waals surface area contributed by atoms with Gasteiger partial charge in [-0.3, -0.25) is 14.4 Å². The van der Waals surface area contributed by atoms with Gasteiger partial charge in [-0.15, -0.1) is 0 Å². The second kappa shape index (κ2) is 10.6. The van der Waals surface area contributed by atoms with Gasteiger partial charge < -0.3 is 20.2 Å². The molecule has 1 heterocycles. The number of benzene rings is 1. The number of carboxylic acids is 1. The normalized spacial score (nSPS) is 11.0. The van der Waals surface area contributed by atoms with Gasteiger partial charge in [0, 0.05) is 13.0 Å². The van der Waals surface area contributed by atoms with Crippen molar-refractivity contribution in [2.24, 2.45) is 0 Å². The van der Waals surface area contributed by atoms with E-state index in [0.29, 0.717) is 25.8 Å². The fraction of sp³-hybridized carbons (Fsp3) is 0.250. The molecule has 0 bridgehead atoms. The van der Waals surface area contributed by atoms with Crippen molar-refractivity contribution in [3.8, 4) is 0 Å². The van der Waals surface area contributed by atoms with E-state index >= 15 is 0 Å². The van der Waals surface area contributed by atoms with E-state index < -0.39 is 17.8 Å². The molecule has 1 aromatic carbocycles. The molecule has 0 spiro atoms. The summed E-state index contributed by atoms with van der Waals surface area (Å²) in [6.07, 6.45) is 5.00. The van der Waals surface area contributed by atoms with Crippen molar-refractivity contribution in [1.29, 1.82) is 0 Å². The highest BCUT2D eigenvalue weighted by Gasteiger charge is 2.16. The van der Waals surface area contributed by atoms with Crippen molar-refractivity contribution in [2.45, 2.75) is 25.7 Å². The molecule has 0 saturated carbocycles. The fourth-order valence-corrected chi connectivity index (χ4v) is 2.34. The quantitative estimate of drug-likeness (QED) is 0.440. The summed E-state index contributed by atoms with van der Waals surface area (Å²) in [5.74, 6) is -1.65. The summed E-state index contributed by atoms with van der Waals surface area (Å²) in [6.45, 7) is 0.390. The minimum absolute atomic E-state index is 0.105. The highest BCUT2D eigenvalue weighted by Crippen LogP contribution is 2.08. The molecule has 0 fully saturated rings. The van der Waals surface area contributed by atoms with E-state index in [1.807, 2.05) is 30.3 Å². The Kier molecular flexibility index (Phi) is 7.84. The second-order valence-electron chi connectivity index (χ2n) is 5.86. The summed E-state index contributed by atoms with van der Waals surface area (Å²) >= 11 is 0. The molecular weight excluding hydrogens is 348 g/mol. The van der Waals surface area contributed by atoms with Crippen LogP contribution in [0.25, 0.3) is 6.08 Å². The molecule has 0 aliphatic carbocycles. The molecule has 0 unspecified atom stereocenters. The number of amides is 2. The van der Waals surface area contributed by atoms with Crippen molar-refractivity contribution >= 4 is 23.9 Å². The van der Waals surface area contributed by atoms with Gasteiger partial charge in [0.2, 0.25) is 0 Å². The number of unbranched alkanes of at least 4 members (excludes halogenated alkanes) is 2. The van der Waals surface area contributed by atoms with E-state index in [4.69, 9.17) is 9.52 Å². The van der Waals surface area contributed by atoms with Gasteiger partial charge in [0.15, 0.2) is 5.76 Å². The minimum atomic E-state index is -0.826. The number of hydrogen-bond acceptors (Lipinski definition) is 4. The first-order valence-electron chi connectivity index (χ1n) is 8.68. The van der Waals surface area contributed by atoms with Crippen LogP contribution in [0, 0.1) is 0 Å². The number of nitrogens with one attached hydrogen (secondary N) is 2. The molecule has 2 rings (SSSR count). The maximum absolute atomic E-state index is 12.5. The van der Waals surface area contributed by atoms with Crippen LogP contribution in [0.3, 0.4) is 0 Å². The van der Waals surface area contributed by atoms with E-state index in [1.54, 1.807) is 12.1 Å². The molecule has 0 radical (unpaired) electrons. The Hall–Kier alpha value is -3.35. The lowest BCUT2D eigenvalue weighted by Gasteiger charge is -2.10. The Morgan fingerprint density at radius 1 is 1.00 bits per heavy atom. The van der Waals surface area contributed by atoms with Gasteiger partial charge in [0.25, 0.3) is 11.8 Å². The van der Waals surface area contributed by atoms with E-state index in [-0.39, 0.29) is 17.9 Å². The van der Waals surface area contributed by atoms with Gasteiger partial charge in [-0.1, -0.05) is 36.8 Å². The number of carboxylic acid groups (broad SMARTS) is 1. The van der Waals surface area contributed by atoms with Crippen molar-refractivity contribution in [3.63, 3.8) is 0 Å². The van der Waals surface area contributed by atoms with Crippen LogP contribution >= 0.6 is 0 Å². The molecule has 7 heteroatoms. The number of carbonyl (C=O) groups excluding carboxylic acids is 2. The SMILES string of the molecule is O=C(O)CCCCCNC(=O)/C(=C\c1ccccc1)NC(=O)c1ccco1. The minimum Gasteiger partial charge on any atom is -0.481 e. The lowest BCUT2D eigenvalue weighted by molar-refractivity contribution is -0.137. The molecule has 0 atom stereocenters. The van der Waals surface area contributed by atoms with Gasteiger partial charge in [0.1, 0.15) is 5.70 Å². The summed E-state index contributed by atoms with van der Waals surface area (Å²) < 4.78 is 5.05. The predicted molar refractivity (Wildman–Crippen MR) is 99.7 cm³/mol. The first kappa shape index (κ1) is 20.0. The van der Waals surface area contributed by atoms with Crippen LogP contribution in [-0.4, -0.2) is 29.4 Å².